The molecule has 0 radical (unpaired) electrons. The van der Waals surface area contributed by atoms with Gasteiger partial charge in [0, 0.05) is 31.1 Å². The number of rotatable bonds is 8. The highest BCUT2D eigenvalue weighted by atomic mass is 16.3. The van der Waals surface area contributed by atoms with Crippen LogP contribution in [0.4, 0.5) is 5.69 Å². The third-order valence-electron chi connectivity index (χ3n) is 5.60. The van der Waals surface area contributed by atoms with Crippen molar-refractivity contribution in [1.82, 2.24) is 10.6 Å². The largest absolute Gasteiger partial charge is 0.508 e. The van der Waals surface area contributed by atoms with Gasteiger partial charge in [-0.1, -0.05) is 30.3 Å². The Kier molecular flexibility index (Phi) is 7.19. The minimum Gasteiger partial charge on any atom is -0.508 e. The van der Waals surface area contributed by atoms with Gasteiger partial charge in [-0.05, 0) is 48.9 Å². The lowest BCUT2D eigenvalue weighted by Crippen LogP contribution is -2.50. The van der Waals surface area contributed by atoms with E-state index in [4.69, 9.17) is 6.42 Å². The molecule has 1 heterocycles. The molecule has 1 aliphatic rings. The van der Waals surface area contributed by atoms with Crippen LogP contribution in [0.2, 0.25) is 0 Å². The van der Waals surface area contributed by atoms with E-state index in [1.807, 2.05) is 37.3 Å². The molecule has 0 aliphatic carbocycles. The van der Waals surface area contributed by atoms with Crippen LogP contribution >= 0.6 is 0 Å². The minimum atomic E-state index is -0.671. The molecule has 0 bridgehead atoms. The number of amides is 2. The molecule has 0 aromatic heterocycles. The molecule has 0 saturated heterocycles. The van der Waals surface area contributed by atoms with Gasteiger partial charge < -0.3 is 21.1 Å². The van der Waals surface area contributed by atoms with Gasteiger partial charge in [0.15, 0.2) is 0 Å². The van der Waals surface area contributed by atoms with Gasteiger partial charge >= 0.3 is 0 Å². The molecule has 2 aromatic carbocycles. The lowest BCUT2D eigenvalue weighted by molar-refractivity contribution is -0.129. The molecule has 3 atom stereocenters. The fraction of sp³-hybridized carbons (Fsp3) is 0.360. The zero-order chi connectivity index (χ0) is 22.4. The third kappa shape index (κ3) is 5.79. The van der Waals surface area contributed by atoms with E-state index in [0.29, 0.717) is 19.4 Å². The number of terminal acetylenes is 1. The Morgan fingerprint density at radius 3 is 2.74 bits per heavy atom. The van der Waals surface area contributed by atoms with Crippen molar-refractivity contribution in [1.29, 1.82) is 0 Å². The molecule has 4 N–H and O–H groups in total. The van der Waals surface area contributed by atoms with Crippen LogP contribution in [-0.4, -0.2) is 35.5 Å². The lowest BCUT2D eigenvalue weighted by atomic mass is 9.96. The van der Waals surface area contributed by atoms with Crippen molar-refractivity contribution in [2.24, 2.45) is 5.92 Å². The monoisotopic (exact) mass is 419 g/mol. The van der Waals surface area contributed by atoms with E-state index in [0.717, 1.165) is 23.2 Å². The van der Waals surface area contributed by atoms with E-state index in [1.54, 1.807) is 19.1 Å². The second-order valence-corrected chi connectivity index (χ2v) is 8.13. The highest BCUT2D eigenvalue weighted by Crippen LogP contribution is 2.32. The Labute approximate surface area is 183 Å². The fourth-order valence-corrected chi connectivity index (χ4v) is 3.91. The summed E-state index contributed by atoms with van der Waals surface area (Å²) in [7, 11) is 0. The average Bonchev–Trinajstić information content (AvgIpc) is 3.17. The fourth-order valence-electron chi connectivity index (χ4n) is 3.91. The molecule has 1 aliphatic heterocycles. The Morgan fingerprint density at radius 1 is 1.29 bits per heavy atom. The summed E-state index contributed by atoms with van der Waals surface area (Å²) in [6.45, 7) is 4.02. The molecular weight excluding hydrogens is 390 g/mol. The van der Waals surface area contributed by atoms with Crippen LogP contribution in [-0.2, 0) is 22.4 Å². The van der Waals surface area contributed by atoms with Crippen LogP contribution in [0, 0.1) is 25.2 Å². The molecule has 0 saturated carbocycles. The maximum atomic E-state index is 12.7. The molecule has 6 nitrogen and oxygen atoms in total. The topological polar surface area (TPSA) is 90.5 Å². The summed E-state index contributed by atoms with van der Waals surface area (Å²) >= 11 is 0. The van der Waals surface area contributed by atoms with Gasteiger partial charge in [0.1, 0.15) is 17.8 Å². The van der Waals surface area contributed by atoms with Gasteiger partial charge in [-0.25, -0.2) is 0 Å². The van der Waals surface area contributed by atoms with Crippen LogP contribution in [0.1, 0.15) is 30.0 Å². The predicted molar refractivity (Wildman–Crippen MR) is 122 cm³/mol. The average molecular weight is 420 g/mol. The number of carbonyl (C=O) groups is 2. The molecule has 6 heteroatoms. The quantitative estimate of drug-likeness (QED) is 0.495. The first-order chi connectivity index (χ1) is 14.9. The number of nitrogens with one attached hydrogen (secondary N) is 3. The number of phenols is 1. The predicted octanol–water partition coefficient (Wildman–Crippen LogP) is 2.54. The van der Waals surface area contributed by atoms with Gasteiger partial charge in [0.25, 0.3) is 0 Å². The Hall–Kier alpha value is -3.46. The molecule has 31 heavy (non-hydrogen) atoms. The van der Waals surface area contributed by atoms with Gasteiger partial charge in [0.2, 0.25) is 11.8 Å². The number of aryl methyl sites for hydroxylation is 1. The third-order valence-corrected chi connectivity index (χ3v) is 5.60. The molecular formula is C25H29N3O3. The maximum absolute atomic E-state index is 12.7. The van der Waals surface area contributed by atoms with Gasteiger partial charge in [0.05, 0.1) is 0 Å². The Balaban J connectivity index is 1.50. The van der Waals surface area contributed by atoms with E-state index in [2.05, 4.69) is 21.9 Å². The number of hydrogen-bond donors (Lipinski definition) is 4. The van der Waals surface area contributed by atoms with Crippen molar-refractivity contribution in [2.75, 3.05) is 11.9 Å². The van der Waals surface area contributed by atoms with Crippen LogP contribution < -0.4 is 16.0 Å². The molecule has 162 valence electrons. The number of benzene rings is 2. The number of anilines is 1. The first-order valence-corrected chi connectivity index (χ1v) is 10.5. The molecule has 0 fully saturated rings. The number of hydrogen-bond acceptors (Lipinski definition) is 4. The standard InChI is InChI=1S/C25H29N3O3/c1-4-8-19(12-18-9-6-5-7-10-18)15-26-24(30)17(3)27-25(31)23-14-21-16(2)11-20(29)13-22(21)28-23/h1,5-7,9-11,13,17,19,23,28-29H,8,12,14-15H2,2-3H3,(H,26,30)(H,27,31)/t17-,19?,23+/m1/s1. The molecule has 3 rings (SSSR count). The second-order valence-electron chi connectivity index (χ2n) is 8.13. The number of aromatic hydroxyl groups is 1. The van der Waals surface area contributed by atoms with Crippen LogP contribution in [0.3, 0.4) is 0 Å². The van der Waals surface area contributed by atoms with Gasteiger partial charge in [-0.3, -0.25) is 9.59 Å². The van der Waals surface area contributed by atoms with E-state index in [9.17, 15) is 14.7 Å². The maximum Gasteiger partial charge on any atom is 0.243 e. The highest BCUT2D eigenvalue weighted by molar-refractivity contribution is 5.92. The molecule has 2 aromatic rings. The van der Waals surface area contributed by atoms with Gasteiger partial charge in [-0.15, -0.1) is 12.3 Å². The summed E-state index contributed by atoms with van der Waals surface area (Å²) in [6.07, 6.45) is 7.36. The van der Waals surface area contributed by atoms with E-state index in [1.165, 1.54) is 5.56 Å². The van der Waals surface area contributed by atoms with Crippen LogP contribution in [0.25, 0.3) is 0 Å². The summed E-state index contributed by atoms with van der Waals surface area (Å²) in [6, 6.07) is 12.2. The summed E-state index contributed by atoms with van der Waals surface area (Å²) in [5.41, 5.74) is 3.87. The first kappa shape index (κ1) is 22.2. The molecule has 2 amide bonds. The summed E-state index contributed by atoms with van der Waals surface area (Å²) in [5.74, 6) is 2.48. The van der Waals surface area contributed by atoms with Crippen LogP contribution in [0.5, 0.6) is 5.75 Å². The van der Waals surface area contributed by atoms with Crippen molar-refractivity contribution < 1.29 is 14.7 Å². The summed E-state index contributed by atoms with van der Waals surface area (Å²) in [5, 5.41) is 18.6. The van der Waals surface area contributed by atoms with E-state index < -0.39 is 12.1 Å². The van der Waals surface area contributed by atoms with Crippen molar-refractivity contribution in [3.8, 4) is 18.1 Å². The van der Waals surface area contributed by atoms with Gasteiger partial charge in [-0.2, -0.15) is 0 Å². The lowest BCUT2D eigenvalue weighted by Gasteiger charge is -2.20. The molecule has 1 unspecified atom stereocenters. The first-order valence-electron chi connectivity index (χ1n) is 10.5. The van der Waals surface area contributed by atoms with Crippen molar-refractivity contribution in [3.05, 3.63) is 59.2 Å². The summed E-state index contributed by atoms with van der Waals surface area (Å²) < 4.78 is 0. The second kappa shape index (κ2) is 10.0. The van der Waals surface area contributed by atoms with E-state index in [-0.39, 0.29) is 23.5 Å². The normalized spacial score (nSPS) is 16.4. The van der Waals surface area contributed by atoms with Crippen molar-refractivity contribution in [3.63, 3.8) is 0 Å². The number of phenolic OH excluding ortho intramolecular Hbond substituents is 1. The SMILES string of the molecule is C#CCC(CNC(=O)[C@@H](C)NC(=O)[C@@H]1Cc2c(C)cc(O)cc2N1)Cc1ccccc1. The van der Waals surface area contributed by atoms with Crippen LogP contribution in [0.15, 0.2) is 42.5 Å². The van der Waals surface area contributed by atoms with Crippen molar-refractivity contribution in [2.45, 2.75) is 45.2 Å². The number of carbonyl (C=O) groups excluding carboxylic acids is 2. The highest BCUT2D eigenvalue weighted by Gasteiger charge is 2.30. The zero-order valence-corrected chi connectivity index (χ0v) is 17.9. The zero-order valence-electron chi connectivity index (χ0n) is 17.9. The summed E-state index contributed by atoms with van der Waals surface area (Å²) in [4.78, 5) is 25.2. The van der Waals surface area contributed by atoms with Crippen molar-refractivity contribution >= 4 is 17.5 Å². The number of fused-ring (bicyclic) bond motifs is 1. The Bertz CT molecular complexity index is 981. The molecule has 0 spiro atoms. The smallest absolute Gasteiger partial charge is 0.243 e. The Morgan fingerprint density at radius 2 is 2.03 bits per heavy atom. The minimum absolute atomic E-state index is 0.126. The van der Waals surface area contributed by atoms with E-state index >= 15 is 0 Å².